The number of hydrogen-bond acceptors (Lipinski definition) is 1. The number of benzene rings is 2. The van der Waals surface area contributed by atoms with Gasteiger partial charge in [0.15, 0.2) is 0 Å². The molecule has 0 N–H and O–H groups in total. The maximum atomic E-state index is 12.9. The van der Waals surface area contributed by atoms with E-state index in [-0.39, 0.29) is 11.1 Å². The van der Waals surface area contributed by atoms with Crippen molar-refractivity contribution in [3.8, 4) is 16.9 Å². The Morgan fingerprint density at radius 3 is 2.11 bits per heavy atom. The Labute approximate surface area is 107 Å². The van der Waals surface area contributed by atoms with Crippen LogP contribution in [-0.4, -0.2) is 7.11 Å². The van der Waals surface area contributed by atoms with Crippen LogP contribution in [0.3, 0.4) is 0 Å². The molecule has 0 fully saturated rings. The average Bonchev–Trinajstić information content (AvgIpc) is 2.38. The van der Waals surface area contributed by atoms with Gasteiger partial charge < -0.3 is 4.74 Å². The summed E-state index contributed by atoms with van der Waals surface area (Å²) in [6, 6.07) is 8.34. The topological polar surface area (TPSA) is 9.23 Å². The minimum Gasteiger partial charge on any atom is -0.497 e. The first-order valence-electron chi connectivity index (χ1n) is 5.43. The molecule has 100 valence electrons. The fraction of sp³-hybridized carbons (Fsp3) is 0.143. The number of rotatable bonds is 2. The first kappa shape index (κ1) is 13.4. The Morgan fingerprint density at radius 1 is 0.947 bits per heavy atom. The van der Waals surface area contributed by atoms with Crippen LogP contribution in [0.1, 0.15) is 5.56 Å². The van der Waals surface area contributed by atoms with E-state index in [1.807, 2.05) is 0 Å². The zero-order chi connectivity index (χ0) is 14.0. The quantitative estimate of drug-likeness (QED) is 0.729. The van der Waals surface area contributed by atoms with Crippen molar-refractivity contribution in [2.24, 2.45) is 0 Å². The van der Waals surface area contributed by atoms with Crippen molar-refractivity contribution < 1.29 is 22.3 Å². The van der Waals surface area contributed by atoms with Gasteiger partial charge in [0.1, 0.15) is 11.6 Å². The SMILES string of the molecule is COc1ccc(C(F)(F)F)c(-c2ccc(F)cc2)c1. The molecule has 0 amide bonds. The van der Waals surface area contributed by atoms with E-state index < -0.39 is 17.6 Å². The molecule has 2 rings (SSSR count). The Bertz CT molecular complexity index is 573. The van der Waals surface area contributed by atoms with Crippen LogP contribution >= 0.6 is 0 Å². The van der Waals surface area contributed by atoms with Crippen molar-refractivity contribution in [3.05, 3.63) is 53.8 Å². The Morgan fingerprint density at radius 2 is 1.58 bits per heavy atom. The van der Waals surface area contributed by atoms with Crippen molar-refractivity contribution in [2.45, 2.75) is 6.18 Å². The summed E-state index contributed by atoms with van der Waals surface area (Å²) in [5, 5.41) is 0. The summed E-state index contributed by atoms with van der Waals surface area (Å²) < 4.78 is 56.6. The molecule has 0 bridgehead atoms. The van der Waals surface area contributed by atoms with E-state index >= 15 is 0 Å². The highest BCUT2D eigenvalue weighted by molar-refractivity contribution is 5.69. The highest BCUT2D eigenvalue weighted by atomic mass is 19.4. The normalized spacial score (nSPS) is 11.4. The van der Waals surface area contributed by atoms with Gasteiger partial charge in [-0.3, -0.25) is 0 Å². The third-order valence-electron chi connectivity index (χ3n) is 2.69. The zero-order valence-corrected chi connectivity index (χ0v) is 9.96. The molecule has 0 aliphatic heterocycles. The van der Waals surface area contributed by atoms with E-state index in [0.29, 0.717) is 5.75 Å². The number of halogens is 4. The molecule has 0 unspecified atom stereocenters. The van der Waals surface area contributed by atoms with E-state index in [9.17, 15) is 17.6 Å². The molecule has 5 heteroatoms. The van der Waals surface area contributed by atoms with Crippen LogP contribution < -0.4 is 4.74 Å². The van der Waals surface area contributed by atoms with E-state index in [1.165, 1.54) is 31.4 Å². The molecular weight excluding hydrogens is 260 g/mol. The van der Waals surface area contributed by atoms with E-state index in [1.54, 1.807) is 0 Å². The predicted octanol–water partition coefficient (Wildman–Crippen LogP) is 4.52. The smallest absolute Gasteiger partial charge is 0.417 e. The molecule has 0 aliphatic rings. The Balaban J connectivity index is 2.61. The molecule has 0 saturated carbocycles. The molecule has 19 heavy (non-hydrogen) atoms. The lowest BCUT2D eigenvalue weighted by molar-refractivity contribution is -0.137. The molecule has 0 spiro atoms. The first-order chi connectivity index (χ1) is 8.91. The van der Waals surface area contributed by atoms with Gasteiger partial charge in [0.25, 0.3) is 0 Å². The largest absolute Gasteiger partial charge is 0.497 e. The summed E-state index contributed by atoms with van der Waals surface area (Å²) in [5.74, 6) is -0.187. The summed E-state index contributed by atoms with van der Waals surface area (Å²) in [4.78, 5) is 0. The van der Waals surface area contributed by atoms with Crippen molar-refractivity contribution in [3.63, 3.8) is 0 Å². The second-order valence-electron chi connectivity index (χ2n) is 3.92. The summed E-state index contributed by atoms with van der Waals surface area (Å²) in [6.45, 7) is 0. The fourth-order valence-corrected chi connectivity index (χ4v) is 1.77. The second kappa shape index (κ2) is 4.91. The van der Waals surface area contributed by atoms with Crippen LogP contribution in [-0.2, 0) is 6.18 Å². The van der Waals surface area contributed by atoms with Gasteiger partial charge in [-0.2, -0.15) is 13.2 Å². The highest BCUT2D eigenvalue weighted by Gasteiger charge is 2.33. The first-order valence-corrected chi connectivity index (χ1v) is 5.43. The predicted molar refractivity (Wildman–Crippen MR) is 63.4 cm³/mol. The highest BCUT2D eigenvalue weighted by Crippen LogP contribution is 2.38. The molecule has 0 saturated heterocycles. The van der Waals surface area contributed by atoms with Gasteiger partial charge in [-0.05, 0) is 41.5 Å². The van der Waals surface area contributed by atoms with Crippen molar-refractivity contribution in [2.75, 3.05) is 7.11 Å². The van der Waals surface area contributed by atoms with E-state index in [4.69, 9.17) is 4.74 Å². The lowest BCUT2D eigenvalue weighted by Gasteiger charge is -2.14. The van der Waals surface area contributed by atoms with Crippen LogP contribution in [0.25, 0.3) is 11.1 Å². The minimum absolute atomic E-state index is 0.0353. The molecular formula is C14H10F4O. The molecule has 2 aromatic carbocycles. The van der Waals surface area contributed by atoms with Crippen LogP contribution in [0.5, 0.6) is 5.75 Å². The van der Waals surface area contributed by atoms with Crippen molar-refractivity contribution in [1.82, 2.24) is 0 Å². The fourth-order valence-electron chi connectivity index (χ4n) is 1.77. The van der Waals surface area contributed by atoms with Gasteiger partial charge in [0, 0.05) is 0 Å². The van der Waals surface area contributed by atoms with E-state index in [2.05, 4.69) is 0 Å². The molecule has 0 aromatic heterocycles. The molecule has 0 aliphatic carbocycles. The number of ether oxygens (including phenoxy) is 1. The summed E-state index contributed by atoms with van der Waals surface area (Å²) in [6.07, 6.45) is -4.48. The van der Waals surface area contributed by atoms with Crippen LogP contribution in [0, 0.1) is 5.82 Å². The number of methoxy groups -OCH3 is 1. The van der Waals surface area contributed by atoms with Crippen molar-refractivity contribution >= 4 is 0 Å². The summed E-state index contributed by atoms with van der Waals surface area (Å²) in [7, 11) is 1.37. The standard InChI is InChI=1S/C14H10F4O/c1-19-11-6-7-13(14(16,17)18)12(8-11)9-2-4-10(15)5-3-9/h2-8H,1H3. The molecule has 0 heterocycles. The van der Waals surface area contributed by atoms with Gasteiger partial charge in [-0.1, -0.05) is 12.1 Å². The van der Waals surface area contributed by atoms with E-state index in [0.717, 1.165) is 18.2 Å². The lowest BCUT2D eigenvalue weighted by atomic mass is 9.99. The monoisotopic (exact) mass is 270 g/mol. The molecule has 0 atom stereocenters. The average molecular weight is 270 g/mol. The van der Waals surface area contributed by atoms with Gasteiger partial charge in [-0.15, -0.1) is 0 Å². The summed E-state index contributed by atoms with van der Waals surface area (Å²) >= 11 is 0. The Kier molecular flexibility index (Phi) is 3.46. The third-order valence-corrected chi connectivity index (χ3v) is 2.69. The third kappa shape index (κ3) is 2.86. The molecule has 2 aromatic rings. The maximum absolute atomic E-state index is 12.9. The van der Waals surface area contributed by atoms with Crippen molar-refractivity contribution in [1.29, 1.82) is 0 Å². The zero-order valence-electron chi connectivity index (χ0n) is 9.96. The van der Waals surface area contributed by atoms with Gasteiger partial charge in [0.05, 0.1) is 12.7 Å². The van der Waals surface area contributed by atoms with Gasteiger partial charge in [0.2, 0.25) is 0 Å². The van der Waals surface area contributed by atoms with Gasteiger partial charge >= 0.3 is 6.18 Å². The maximum Gasteiger partial charge on any atom is 0.417 e. The van der Waals surface area contributed by atoms with Gasteiger partial charge in [-0.25, -0.2) is 4.39 Å². The number of alkyl halides is 3. The van der Waals surface area contributed by atoms with Crippen LogP contribution in [0.2, 0.25) is 0 Å². The summed E-state index contributed by atoms with van der Waals surface area (Å²) in [5.41, 5.74) is -0.528. The lowest BCUT2D eigenvalue weighted by Crippen LogP contribution is -2.07. The number of hydrogen-bond donors (Lipinski definition) is 0. The second-order valence-corrected chi connectivity index (χ2v) is 3.92. The van der Waals surface area contributed by atoms with Crippen LogP contribution in [0.15, 0.2) is 42.5 Å². The van der Waals surface area contributed by atoms with Crippen LogP contribution in [0.4, 0.5) is 17.6 Å². The minimum atomic E-state index is -4.48. The Hall–Kier alpha value is -2.04. The molecule has 1 nitrogen and oxygen atoms in total. The molecule has 0 radical (unpaired) electrons.